The maximum Gasteiger partial charge on any atom is 0.441 e. The summed E-state index contributed by atoms with van der Waals surface area (Å²) >= 11 is 0. The second kappa shape index (κ2) is 11.8. The van der Waals surface area contributed by atoms with Crippen molar-refractivity contribution in [2.24, 2.45) is 5.11 Å². The number of hydrogen-bond acceptors (Lipinski definition) is 6. The quantitative estimate of drug-likeness (QED) is 0.167. The van der Waals surface area contributed by atoms with Gasteiger partial charge in [-0.3, -0.25) is 4.79 Å². The third-order valence-corrected chi connectivity index (χ3v) is 4.32. The Hall–Kier alpha value is -4.12. The summed E-state index contributed by atoms with van der Waals surface area (Å²) in [6, 6.07) is 15.4. The molecule has 0 spiro atoms. The lowest BCUT2D eigenvalue weighted by atomic mass is 10.1. The van der Waals surface area contributed by atoms with E-state index in [0.29, 0.717) is 11.3 Å². The van der Waals surface area contributed by atoms with E-state index in [9.17, 15) is 14.7 Å². The van der Waals surface area contributed by atoms with Crippen molar-refractivity contribution in [1.29, 1.82) is 0 Å². The average molecular weight is 422 g/mol. The fourth-order valence-electron chi connectivity index (χ4n) is 2.59. The predicted octanol–water partition coefficient (Wildman–Crippen LogP) is 3.34. The number of nitrogens with zero attached hydrogens (tertiary/aromatic N) is 3. The van der Waals surface area contributed by atoms with Crippen molar-refractivity contribution in [3.63, 3.8) is 0 Å². The Labute approximate surface area is 180 Å². The first-order valence-electron chi connectivity index (χ1n) is 9.44. The van der Waals surface area contributed by atoms with Crippen LogP contribution in [0.25, 0.3) is 0 Å². The van der Waals surface area contributed by atoms with Crippen LogP contribution in [-0.4, -0.2) is 45.7 Å². The lowest BCUT2D eigenvalue weighted by Gasteiger charge is -2.27. The number of benzene rings is 2. The minimum absolute atomic E-state index is 0.0711. The smallest absolute Gasteiger partial charge is 0.441 e. The summed E-state index contributed by atoms with van der Waals surface area (Å²) in [6.07, 6.45) is 1.14. The molecule has 1 N–H and O–H groups in total. The molecule has 0 aromatic heterocycles. The zero-order chi connectivity index (χ0) is 22.6. The molecule has 0 fully saturated rings. The van der Waals surface area contributed by atoms with E-state index in [1.54, 1.807) is 31.2 Å². The van der Waals surface area contributed by atoms with Gasteiger partial charge in [0.2, 0.25) is 5.91 Å². The number of aliphatic hydroxyl groups is 1. The van der Waals surface area contributed by atoms with Gasteiger partial charge in [0.05, 0.1) is 7.11 Å². The van der Waals surface area contributed by atoms with Gasteiger partial charge in [-0.1, -0.05) is 55.1 Å². The van der Waals surface area contributed by atoms with Crippen LogP contribution in [0.4, 0.5) is 5.69 Å². The van der Waals surface area contributed by atoms with E-state index in [2.05, 4.69) is 27.1 Å². The Morgan fingerprint density at radius 1 is 1.23 bits per heavy atom. The Kier molecular flexibility index (Phi) is 8.80. The number of carbonyl (C=O) groups is 2. The van der Waals surface area contributed by atoms with E-state index < -0.39 is 23.9 Å². The lowest BCUT2D eigenvalue weighted by molar-refractivity contribution is -0.154. The minimum atomic E-state index is -0.858. The molecule has 0 radical (unpaired) electrons. The summed E-state index contributed by atoms with van der Waals surface area (Å²) in [5, 5.41) is 13.2. The Morgan fingerprint density at radius 3 is 2.58 bits per heavy atom. The molecular weight excluding hydrogens is 398 g/mol. The highest BCUT2D eigenvalue weighted by Crippen LogP contribution is 2.21. The monoisotopic (exact) mass is 422 g/mol. The summed E-state index contributed by atoms with van der Waals surface area (Å²) < 4.78 is 9.91. The second-order valence-electron chi connectivity index (χ2n) is 6.39. The van der Waals surface area contributed by atoms with Crippen molar-refractivity contribution >= 4 is 23.4 Å². The SMILES string of the molecule is C=CC(=O)N(Cc1ccccc1N=[N+]=C=C(O)OC)[C@@H](C)C(=O)OCc1ccccc1. The normalized spacial score (nSPS) is 10.6. The van der Waals surface area contributed by atoms with Crippen molar-refractivity contribution in [1.82, 2.24) is 4.90 Å². The van der Waals surface area contributed by atoms with Crippen LogP contribution in [-0.2, 0) is 32.2 Å². The Morgan fingerprint density at radius 2 is 1.90 bits per heavy atom. The standard InChI is InChI=1S/C23H23N3O5/c1-4-21(27)26(17(2)23(29)31-16-18-10-6-5-7-11-18)15-19-12-8-9-13-20(19)25-24-14-22(28)30-3/h4-13,17H,1,15-16H2,2-3H3/p+1/t17-/m0/s1. The summed E-state index contributed by atoms with van der Waals surface area (Å²) in [5.41, 5.74) is 1.91. The van der Waals surface area contributed by atoms with Crippen LogP contribution in [0.5, 0.6) is 0 Å². The summed E-state index contributed by atoms with van der Waals surface area (Å²) in [7, 11) is 1.27. The summed E-state index contributed by atoms with van der Waals surface area (Å²) in [5.74, 6) is 0.718. The average Bonchev–Trinajstić information content (AvgIpc) is 2.81. The number of amides is 1. The van der Waals surface area contributed by atoms with Gasteiger partial charge in [-0.05, 0) is 24.6 Å². The third kappa shape index (κ3) is 7.01. The first kappa shape index (κ1) is 23.2. The molecule has 0 aliphatic heterocycles. The highest BCUT2D eigenvalue weighted by Gasteiger charge is 2.27. The maximum atomic E-state index is 12.6. The zero-order valence-electron chi connectivity index (χ0n) is 17.4. The first-order chi connectivity index (χ1) is 15.0. The largest absolute Gasteiger partial charge is 0.470 e. The molecule has 1 atom stereocenters. The number of methoxy groups -OCH3 is 1. The van der Waals surface area contributed by atoms with Crippen LogP contribution in [0, 0.1) is 0 Å². The summed E-state index contributed by atoms with van der Waals surface area (Å²) in [6.45, 7) is 5.29. The van der Waals surface area contributed by atoms with E-state index in [0.717, 1.165) is 11.6 Å². The molecule has 160 valence electrons. The van der Waals surface area contributed by atoms with Crippen molar-refractivity contribution in [3.05, 3.63) is 84.3 Å². The van der Waals surface area contributed by atoms with Gasteiger partial charge >= 0.3 is 17.8 Å². The Balaban J connectivity index is 2.22. The second-order valence-corrected chi connectivity index (χ2v) is 6.39. The maximum absolute atomic E-state index is 12.6. The van der Waals surface area contributed by atoms with E-state index in [4.69, 9.17) is 4.74 Å². The molecule has 0 bridgehead atoms. The van der Waals surface area contributed by atoms with Crippen LogP contribution in [0.3, 0.4) is 0 Å². The third-order valence-electron chi connectivity index (χ3n) is 4.32. The predicted molar refractivity (Wildman–Crippen MR) is 113 cm³/mol. The van der Waals surface area contributed by atoms with Gasteiger partial charge in [-0.15, -0.1) is 0 Å². The van der Waals surface area contributed by atoms with Crippen LogP contribution in [0.15, 0.2) is 78.3 Å². The number of rotatable bonds is 9. The van der Waals surface area contributed by atoms with Gasteiger partial charge in [-0.25, -0.2) is 4.79 Å². The number of esters is 1. The Bertz CT molecular complexity index is 1020. The molecule has 0 aliphatic rings. The first-order valence-corrected chi connectivity index (χ1v) is 9.44. The van der Waals surface area contributed by atoms with Crippen LogP contribution >= 0.6 is 0 Å². The molecule has 0 saturated heterocycles. The lowest BCUT2D eigenvalue weighted by Crippen LogP contribution is -2.42. The zero-order valence-corrected chi connectivity index (χ0v) is 17.4. The molecule has 0 saturated carbocycles. The number of carbonyl (C=O) groups excluding carboxylic acids is 2. The molecule has 31 heavy (non-hydrogen) atoms. The van der Waals surface area contributed by atoms with Gasteiger partial charge in [0.25, 0.3) is 0 Å². The fourth-order valence-corrected chi connectivity index (χ4v) is 2.59. The molecule has 1 amide bonds. The number of aliphatic hydroxyl groups excluding tert-OH is 1. The number of ether oxygens (including phenoxy) is 2. The van der Waals surface area contributed by atoms with Gasteiger partial charge in [0, 0.05) is 12.1 Å². The summed E-state index contributed by atoms with van der Waals surface area (Å²) in [4.78, 5) is 30.0. The molecule has 8 nitrogen and oxygen atoms in total. The molecule has 0 aliphatic carbocycles. The van der Waals surface area contributed by atoms with E-state index in [1.165, 1.54) is 12.0 Å². The van der Waals surface area contributed by atoms with Crippen molar-refractivity contribution < 1.29 is 29.0 Å². The van der Waals surface area contributed by atoms with Gasteiger partial charge in [0.15, 0.2) is 5.69 Å². The highest BCUT2D eigenvalue weighted by molar-refractivity contribution is 5.91. The molecule has 0 unspecified atom stereocenters. The molecular formula is C23H24N3O5+. The van der Waals surface area contributed by atoms with E-state index in [-0.39, 0.29) is 13.2 Å². The van der Waals surface area contributed by atoms with E-state index in [1.807, 2.05) is 30.3 Å². The number of hydrogen-bond donors (Lipinski definition) is 1. The van der Waals surface area contributed by atoms with Gasteiger partial charge < -0.3 is 19.5 Å². The van der Waals surface area contributed by atoms with Crippen LogP contribution in [0.1, 0.15) is 18.1 Å². The van der Waals surface area contributed by atoms with Gasteiger partial charge in [0.1, 0.15) is 22.6 Å². The minimum Gasteiger partial charge on any atom is -0.470 e. The molecule has 8 heteroatoms. The topological polar surface area (TPSA) is 103 Å². The molecule has 2 aromatic carbocycles. The van der Waals surface area contributed by atoms with E-state index >= 15 is 0 Å². The highest BCUT2D eigenvalue weighted by atomic mass is 16.6. The molecule has 2 rings (SSSR count). The molecule has 0 heterocycles. The van der Waals surface area contributed by atoms with Crippen LogP contribution in [0.2, 0.25) is 0 Å². The molecule has 2 aromatic rings. The van der Waals surface area contributed by atoms with Crippen molar-refractivity contribution in [2.75, 3.05) is 7.11 Å². The van der Waals surface area contributed by atoms with Crippen molar-refractivity contribution in [2.45, 2.75) is 26.1 Å². The fraction of sp³-hybridized carbons (Fsp3) is 0.217. The van der Waals surface area contributed by atoms with Crippen LogP contribution < -0.4 is 0 Å². The van der Waals surface area contributed by atoms with Gasteiger partial charge in [-0.2, -0.15) is 0 Å². The van der Waals surface area contributed by atoms with Crippen molar-refractivity contribution in [3.8, 4) is 0 Å².